The second-order valence-corrected chi connectivity index (χ2v) is 4.30. The van der Waals surface area contributed by atoms with Crippen molar-refractivity contribution in [2.45, 2.75) is 25.7 Å². The van der Waals surface area contributed by atoms with E-state index in [9.17, 15) is 9.59 Å². The number of anilines is 1. The van der Waals surface area contributed by atoms with E-state index in [2.05, 4.69) is 10.6 Å². The molecule has 5 heteroatoms. The normalized spacial score (nSPS) is 10.0. The van der Waals surface area contributed by atoms with Gasteiger partial charge in [0.15, 0.2) is 0 Å². The predicted molar refractivity (Wildman–Crippen MR) is 76.0 cm³/mol. The molecule has 0 saturated heterocycles. The van der Waals surface area contributed by atoms with E-state index in [1.807, 2.05) is 0 Å². The molecule has 1 aromatic rings. The molecule has 19 heavy (non-hydrogen) atoms. The Labute approximate surface area is 113 Å². The average Bonchev–Trinajstić information content (AvgIpc) is 2.43. The molecule has 0 spiro atoms. The lowest BCUT2D eigenvalue weighted by Gasteiger charge is -2.06. The number of rotatable bonds is 7. The van der Waals surface area contributed by atoms with Crippen LogP contribution in [0.5, 0.6) is 0 Å². The van der Waals surface area contributed by atoms with Gasteiger partial charge in [0.25, 0.3) is 5.91 Å². The summed E-state index contributed by atoms with van der Waals surface area (Å²) in [6.45, 7) is 0.669. The van der Waals surface area contributed by atoms with Crippen LogP contribution in [-0.2, 0) is 4.79 Å². The molecule has 0 bridgehead atoms. The Balaban J connectivity index is 2.40. The monoisotopic (exact) mass is 263 g/mol. The van der Waals surface area contributed by atoms with E-state index in [0.717, 1.165) is 19.3 Å². The van der Waals surface area contributed by atoms with Gasteiger partial charge in [0.2, 0.25) is 5.91 Å². The molecule has 4 N–H and O–H groups in total. The minimum absolute atomic E-state index is 0.00952. The number of benzene rings is 1. The first-order chi connectivity index (χ1) is 9.17. The molecule has 104 valence electrons. The van der Waals surface area contributed by atoms with Crippen LogP contribution >= 0.6 is 0 Å². The SMILES string of the molecule is CNC(=O)c1ccc(NC(=O)CCCCCN)cc1. The topological polar surface area (TPSA) is 84.2 Å². The zero-order chi connectivity index (χ0) is 14.1. The Morgan fingerprint density at radius 1 is 1.11 bits per heavy atom. The van der Waals surface area contributed by atoms with Gasteiger partial charge < -0.3 is 16.4 Å². The van der Waals surface area contributed by atoms with Crippen LogP contribution in [0, 0.1) is 0 Å². The fourth-order valence-electron chi connectivity index (χ4n) is 1.68. The van der Waals surface area contributed by atoms with Crippen molar-refractivity contribution in [2.75, 3.05) is 18.9 Å². The molecular weight excluding hydrogens is 242 g/mol. The second-order valence-electron chi connectivity index (χ2n) is 4.30. The lowest BCUT2D eigenvalue weighted by Crippen LogP contribution is -2.17. The van der Waals surface area contributed by atoms with Gasteiger partial charge in [-0.15, -0.1) is 0 Å². The van der Waals surface area contributed by atoms with Crippen molar-refractivity contribution >= 4 is 17.5 Å². The number of unbranched alkanes of at least 4 members (excludes halogenated alkanes) is 2. The molecule has 0 aromatic heterocycles. The van der Waals surface area contributed by atoms with Crippen molar-refractivity contribution in [2.24, 2.45) is 5.73 Å². The zero-order valence-corrected chi connectivity index (χ0v) is 11.2. The quantitative estimate of drug-likeness (QED) is 0.652. The van der Waals surface area contributed by atoms with Gasteiger partial charge in [-0.1, -0.05) is 6.42 Å². The molecule has 0 atom stereocenters. The van der Waals surface area contributed by atoms with Crippen LogP contribution in [0.2, 0.25) is 0 Å². The molecule has 0 aliphatic heterocycles. The van der Waals surface area contributed by atoms with Gasteiger partial charge in [-0.3, -0.25) is 9.59 Å². The van der Waals surface area contributed by atoms with E-state index in [0.29, 0.717) is 24.2 Å². The molecule has 0 fully saturated rings. The molecule has 0 heterocycles. The van der Waals surface area contributed by atoms with Crippen molar-refractivity contribution < 1.29 is 9.59 Å². The molecule has 1 aromatic carbocycles. The summed E-state index contributed by atoms with van der Waals surface area (Å²) in [6.07, 6.45) is 3.27. The predicted octanol–water partition coefficient (Wildman–Crippen LogP) is 1.50. The van der Waals surface area contributed by atoms with Gasteiger partial charge in [-0.25, -0.2) is 0 Å². The molecule has 0 aliphatic carbocycles. The Hall–Kier alpha value is -1.88. The third-order valence-electron chi connectivity index (χ3n) is 2.77. The minimum atomic E-state index is -0.139. The van der Waals surface area contributed by atoms with E-state index >= 15 is 0 Å². The summed E-state index contributed by atoms with van der Waals surface area (Å²) in [5.74, 6) is -0.149. The zero-order valence-electron chi connectivity index (χ0n) is 11.2. The maximum absolute atomic E-state index is 11.6. The van der Waals surface area contributed by atoms with Crippen LogP contribution in [0.25, 0.3) is 0 Å². The molecule has 1 rings (SSSR count). The van der Waals surface area contributed by atoms with Crippen molar-refractivity contribution in [1.29, 1.82) is 0 Å². The van der Waals surface area contributed by atoms with Gasteiger partial charge in [0.1, 0.15) is 0 Å². The van der Waals surface area contributed by atoms with Crippen molar-refractivity contribution in [3.63, 3.8) is 0 Å². The van der Waals surface area contributed by atoms with Crippen LogP contribution in [0.1, 0.15) is 36.0 Å². The summed E-state index contributed by atoms with van der Waals surface area (Å²) in [5.41, 5.74) is 6.66. The van der Waals surface area contributed by atoms with Gasteiger partial charge in [0.05, 0.1) is 0 Å². The average molecular weight is 263 g/mol. The van der Waals surface area contributed by atoms with Crippen molar-refractivity contribution in [3.05, 3.63) is 29.8 Å². The first-order valence-corrected chi connectivity index (χ1v) is 6.49. The van der Waals surface area contributed by atoms with E-state index < -0.39 is 0 Å². The standard InChI is InChI=1S/C14H21N3O2/c1-16-14(19)11-6-8-12(9-7-11)17-13(18)5-3-2-4-10-15/h6-9H,2-5,10,15H2,1H3,(H,16,19)(H,17,18). The summed E-state index contributed by atoms with van der Waals surface area (Å²) < 4.78 is 0. The van der Waals surface area contributed by atoms with Gasteiger partial charge in [-0.2, -0.15) is 0 Å². The summed E-state index contributed by atoms with van der Waals surface area (Å²) in [4.78, 5) is 23.0. The molecule has 0 unspecified atom stereocenters. The van der Waals surface area contributed by atoms with E-state index in [-0.39, 0.29) is 11.8 Å². The highest BCUT2D eigenvalue weighted by Crippen LogP contribution is 2.10. The second kappa shape index (κ2) is 8.26. The third-order valence-corrected chi connectivity index (χ3v) is 2.77. The largest absolute Gasteiger partial charge is 0.355 e. The summed E-state index contributed by atoms with van der Waals surface area (Å²) >= 11 is 0. The number of hydrogen-bond acceptors (Lipinski definition) is 3. The first kappa shape index (κ1) is 15.2. The number of carbonyl (C=O) groups is 2. The first-order valence-electron chi connectivity index (χ1n) is 6.49. The number of nitrogens with one attached hydrogen (secondary N) is 2. The minimum Gasteiger partial charge on any atom is -0.355 e. The Morgan fingerprint density at radius 3 is 2.37 bits per heavy atom. The fourth-order valence-corrected chi connectivity index (χ4v) is 1.68. The lowest BCUT2D eigenvalue weighted by atomic mass is 10.1. The summed E-state index contributed by atoms with van der Waals surface area (Å²) in [6, 6.07) is 6.82. The fraction of sp³-hybridized carbons (Fsp3) is 0.429. The number of nitrogens with two attached hydrogens (primary N) is 1. The lowest BCUT2D eigenvalue weighted by molar-refractivity contribution is -0.116. The maximum Gasteiger partial charge on any atom is 0.251 e. The van der Waals surface area contributed by atoms with Gasteiger partial charge >= 0.3 is 0 Å². The summed E-state index contributed by atoms with van der Waals surface area (Å²) in [5, 5.41) is 5.35. The Bertz CT molecular complexity index is 415. The van der Waals surface area contributed by atoms with Crippen LogP contribution in [0.15, 0.2) is 24.3 Å². The van der Waals surface area contributed by atoms with Gasteiger partial charge in [-0.05, 0) is 43.7 Å². The summed E-state index contributed by atoms with van der Waals surface area (Å²) in [7, 11) is 1.58. The third kappa shape index (κ3) is 5.52. The number of carbonyl (C=O) groups excluding carboxylic acids is 2. The van der Waals surface area contributed by atoms with Crippen molar-refractivity contribution in [3.8, 4) is 0 Å². The molecule has 2 amide bonds. The van der Waals surface area contributed by atoms with Gasteiger partial charge in [0, 0.05) is 24.7 Å². The smallest absolute Gasteiger partial charge is 0.251 e. The highest BCUT2D eigenvalue weighted by molar-refractivity contribution is 5.95. The molecular formula is C14H21N3O2. The van der Waals surface area contributed by atoms with E-state index in [1.54, 1.807) is 31.3 Å². The number of hydrogen-bond donors (Lipinski definition) is 3. The van der Waals surface area contributed by atoms with Crippen LogP contribution in [0.3, 0.4) is 0 Å². The van der Waals surface area contributed by atoms with E-state index in [1.165, 1.54) is 0 Å². The van der Waals surface area contributed by atoms with Crippen LogP contribution in [0.4, 0.5) is 5.69 Å². The molecule has 5 nitrogen and oxygen atoms in total. The molecule has 0 saturated carbocycles. The molecule has 0 radical (unpaired) electrons. The van der Waals surface area contributed by atoms with Crippen LogP contribution in [-0.4, -0.2) is 25.4 Å². The van der Waals surface area contributed by atoms with Crippen molar-refractivity contribution in [1.82, 2.24) is 5.32 Å². The maximum atomic E-state index is 11.6. The molecule has 0 aliphatic rings. The number of amides is 2. The Morgan fingerprint density at radius 2 is 1.79 bits per heavy atom. The highest BCUT2D eigenvalue weighted by Gasteiger charge is 2.04. The Kier molecular flexibility index (Phi) is 6.60. The van der Waals surface area contributed by atoms with E-state index in [4.69, 9.17) is 5.73 Å². The van der Waals surface area contributed by atoms with Crippen LogP contribution < -0.4 is 16.4 Å². The highest BCUT2D eigenvalue weighted by atomic mass is 16.2.